The molecule has 2 atom stereocenters. The fourth-order valence-corrected chi connectivity index (χ4v) is 7.09. The van der Waals surface area contributed by atoms with Gasteiger partial charge in [-0.1, -0.05) is 12.1 Å². The lowest BCUT2D eigenvalue weighted by Gasteiger charge is -2.37. The maximum Gasteiger partial charge on any atom is 0.348 e. The number of rotatable bonds is 9. The molecule has 1 fully saturated rings. The summed E-state index contributed by atoms with van der Waals surface area (Å²) in [6.07, 6.45) is 2.62. The molecule has 0 spiro atoms. The number of nitriles is 1. The Morgan fingerprint density at radius 2 is 1.65 bits per heavy atom. The second-order valence-electron chi connectivity index (χ2n) is 12.4. The molecule has 2 heterocycles. The van der Waals surface area contributed by atoms with E-state index in [4.69, 9.17) is 16.6 Å². The van der Waals surface area contributed by atoms with Gasteiger partial charge < -0.3 is 21.7 Å². The van der Waals surface area contributed by atoms with Crippen molar-refractivity contribution in [3.8, 4) is 11.8 Å². The Morgan fingerprint density at radius 3 is 2.21 bits per heavy atom. The third-order valence-corrected chi connectivity index (χ3v) is 9.39. The lowest BCUT2D eigenvalue weighted by Crippen LogP contribution is -2.45. The SMILES string of the molecule is C[C@@H](CC1(c2nn(-c3ccc(F)cc3)c(=O)[nH]2)c2ccc(C(N)=O)cc2CCc2cc(C(N)=O)ccc21)NCC(=O)N1CCC[C@H]1C#N. The number of H-pyrrole nitrogens is 1. The number of nitrogens with two attached hydrogens (primary N) is 2. The first kappa shape index (κ1) is 32.3. The van der Waals surface area contributed by atoms with Gasteiger partial charge in [0, 0.05) is 23.7 Å². The highest BCUT2D eigenvalue weighted by atomic mass is 19.1. The quantitative estimate of drug-likeness (QED) is 0.213. The minimum Gasteiger partial charge on any atom is -0.366 e. The van der Waals surface area contributed by atoms with E-state index in [-0.39, 0.29) is 30.7 Å². The molecule has 13 heteroatoms. The van der Waals surface area contributed by atoms with Gasteiger partial charge in [-0.25, -0.2) is 9.18 Å². The van der Waals surface area contributed by atoms with Gasteiger partial charge in [-0.15, -0.1) is 5.10 Å². The molecule has 0 unspecified atom stereocenters. The van der Waals surface area contributed by atoms with Crippen LogP contribution in [0.4, 0.5) is 4.39 Å². The van der Waals surface area contributed by atoms with Crippen LogP contribution in [0, 0.1) is 17.1 Å². The number of nitrogens with one attached hydrogen (secondary N) is 2. The van der Waals surface area contributed by atoms with Gasteiger partial charge in [0.15, 0.2) is 0 Å². The number of aromatic nitrogens is 3. The molecule has 6 rings (SSSR count). The van der Waals surface area contributed by atoms with Crippen LogP contribution in [0.15, 0.2) is 65.5 Å². The van der Waals surface area contributed by atoms with Crippen LogP contribution < -0.4 is 22.5 Å². The predicted octanol–water partition coefficient (Wildman–Crippen LogP) is 2.21. The molecule has 4 aromatic rings. The van der Waals surface area contributed by atoms with Crippen molar-refractivity contribution in [2.75, 3.05) is 13.1 Å². The Balaban J connectivity index is 1.53. The maximum atomic E-state index is 13.8. The van der Waals surface area contributed by atoms with E-state index >= 15 is 0 Å². The molecule has 48 heavy (non-hydrogen) atoms. The second-order valence-corrected chi connectivity index (χ2v) is 12.4. The van der Waals surface area contributed by atoms with Crippen LogP contribution in [0.5, 0.6) is 0 Å². The van der Waals surface area contributed by atoms with E-state index in [0.29, 0.717) is 42.6 Å². The van der Waals surface area contributed by atoms with Gasteiger partial charge in [0.05, 0.1) is 23.7 Å². The molecule has 6 N–H and O–H groups in total. The van der Waals surface area contributed by atoms with Gasteiger partial charge in [-0.2, -0.15) is 9.94 Å². The van der Waals surface area contributed by atoms with Crippen molar-refractivity contribution in [2.45, 2.75) is 56.5 Å². The summed E-state index contributed by atoms with van der Waals surface area (Å²) in [7, 11) is 0. The van der Waals surface area contributed by atoms with E-state index in [9.17, 15) is 28.8 Å². The standard InChI is InChI=1S/C35H35FN8O4/c1-20(40-19-30(45)43-14-2-3-27(43)18-37)17-35(33-41-34(48)44(42-33)26-10-8-25(36)9-11-26)28-12-6-23(31(38)46)15-21(28)4-5-22-16-24(32(39)47)7-13-29(22)35/h6-13,15-16,20,27,40H,2-5,14,17,19H2,1H3,(H2,38,46)(H2,39,47)(H,41,42,48)/t20-,27-/m0/s1. The number of fused-ring (bicyclic) bond motifs is 2. The van der Waals surface area contributed by atoms with Gasteiger partial charge in [0.25, 0.3) is 0 Å². The number of likely N-dealkylation sites (tertiary alicyclic amines) is 1. The smallest absolute Gasteiger partial charge is 0.348 e. The van der Waals surface area contributed by atoms with Crippen molar-refractivity contribution in [2.24, 2.45) is 11.5 Å². The summed E-state index contributed by atoms with van der Waals surface area (Å²) in [6, 6.07) is 17.1. The number of benzene rings is 3. The molecular weight excluding hydrogens is 615 g/mol. The molecule has 3 amide bonds. The van der Waals surface area contributed by atoms with Crippen molar-refractivity contribution >= 4 is 17.7 Å². The average Bonchev–Trinajstić information content (AvgIpc) is 3.69. The molecule has 1 saturated heterocycles. The third kappa shape index (κ3) is 5.86. The Morgan fingerprint density at radius 1 is 1.04 bits per heavy atom. The van der Waals surface area contributed by atoms with Gasteiger partial charge in [-0.05, 0) is 110 Å². The van der Waals surface area contributed by atoms with E-state index in [1.807, 2.05) is 6.92 Å². The van der Waals surface area contributed by atoms with Crippen LogP contribution in [-0.4, -0.2) is 62.6 Å². The second kappa shape index (κ2) is 12.9. The Labute approximate surface area is 275 Å². The van der Waals surface area contributed by atoms with Crippen LogP contribution in [0.2, 0.25) is 0 Å². The number of hydrogen-bond donors (Lipinski definition) is 4. The average molecular weight is 651 g/mol. The topological polar surface area (TPSA) is 193 Å². The number of carbonyl (C=O) groups excluding carboxylic acids is 3. The number of aromatic amines is 1. The molecule has 0 bridgehead atoms. The summed E-state index contributed by atoms with van der Waals surface area (Å²) >= 11 is 0. The zero-order valence-corrected chi connectivity index (χ0v) is 26.3. The molecular formula is C35H35FN8O4. The minimum atomic E-state index is -1.18. The minimum absolute atomic E-state index is 0.0170. The number of carbonyl (C=O) groups is 3. The number of nitrogens with zero attached hydrogens (tertiary/aromatic N) is 4. The molecule has 12 nitrogen and oxygen atoms in total. The van der Waals surface area contributed by atoms with Gasteiger partial charge in [0.1, 0.15) is 17.7 Å². The first-order valence-electron chi connectivity index (χ1n) is 15.8. The van der Waals surface area contributed by atoms with Gasteiger partial charge in [0.2, 0.25) is 17.7 Å². The third-order valence-electron chi connectivity index (χ3n) is 9.39. The van der Waals surface area contributed by atoms with Crippen LogP contribution in [0.3, 0.4) is 0 Å². The van der Waals surface area contributed by atoms with Crippen LogP contribution in [0.1, 0.15) is 75.0 Å². The fourth-order valence-electron chi connectivity index (χ4n) is 7.09. The summed E-state index contributed by atoms with van der Waals surface area (Å²) < 4.78 is 15.0. The van der Waals surface area contributed by atoms with Crippen molar-refractivity contribution < 1.29 is 18.8 Å². The monoisotopic (exact) mass is 650 g/mol. The summed E-state index contributed by atoms with van der Waals surface area (Å²) in [4.78, 5) is 55.8. The number of aryl methyl sites for hydroxylation is 2. The molecule has 0 radical (unpaired) electrons. The summed E-state index contributed by atoms with van der Waals surface area (Å²) in [5.41, 5.74) is 13.7. The highest BCUT2D eigenvalue weighted by molar-refractivity contribution is 5.94. The van der Waals surface area contributed by atoms with Crippen LogP contribution in [0.25, 0.3) is 5.69 Å². The Bertz CT molecular complexity index is 1950. The number of hydrogen-bond acceptors (Lipinski definition) is 7. The van der Waals surface area contributed by atoms with Gasteiger partial charge >= 0.3 is 5.69 Å². The normalized spacial score (nSPS) is 17.1. The lowest BCUT2D eigenvalue weighted by atomic mass is 9.67. The molecule has 1 aliphatic heterocycles. The van der Waals surface area contributed by atoms with E-state index < -0.39 is 34.8 Å². The highest BCUT2D eigenvalue weighted by Gasteiger charge is 2.45. The summed E-state index contributed by atoms with van der Waals surface area (Å²) in [6.45, 7) is 2.41. The largest absolute Gasteiger partial charge is 0.366 e. The van der Waals surface area contributed by atoms with Crippen molar-refractivity contribution in [3.05, 3.63) is 116 Å². The lowest BCUT2D eigenvalue weighted by molar-refractivity contribution is -0.130. The molecule has 3 aromatic carbocycles. The number of amides is 3. The first-order chi connectivity index (χ1) is 23.0. The molecule has 2 aliphatic rings. The Hall–Kier alpha value is -5.61. The zero-order chi connectivity index (χ0) is 34.2. The van der Waals surface area contributed by atoms with E-state index in [2.05, 4.69) is 16.4 Å². The molecule has 0 saturated carbocycles. The molecule has 1 aliphatic carbocycles. The summed E-state index contributed by atoms with van der Waals surface area (Å²) in [5, 5.41) is 17.6. The molecule has 246 valence electrons. The van der Waals surface area contributed by atoms with Crippen LogP contribution >= 0.6 is 0 Å². The zero-order valence-electron chi connectivity index (χ0n) is 26.3. The number of primary amides is 2. The van der Waals surface area contributed by atoms with Crippen molar-refractivity contribution in [1.82, 2.24) is 25.0 Å². The maximum absolute atomic E-state index is 13.8. The van der Waals surface area contributed by atoms with Crippen molar-refractivity contribution in [3.63, 3.8) is 0 Å². The molecule has 1 aromatic heterocycles. The highest BCUT2D eigenvalue weighted by Crippen LogP contribution is 2.47. The van der Waals surface area contributed by atoms with E-state index in [0.717, 1.165) is 33.4 Å². The first-order valence-corrected chi connectivity index (χ1v) is 15.8. The summed E-state index contributed by atoms with van der Waals surface area (Å²) in [5.74, 6) is -1.58. The van der Waals surface area contributed by atoms with Crippen molar-refractivity contribution in [1.29, 1.82) is 5.26 Å². The fraction of sp³-hybridized carbons (Fsp3) is 0.314. The predicted molar refractivity (Wildman–Crippen MR) is 174 cm³/mol. The van der Waals surface area contributed by atoms with E-state index in [1.165, 1.54) is 24.3 Å². The number of halogens is 1. The van der Waals surface area contributed by atoms with Gasteiger partial charge in [-0.3, -0.25) is 19.4 Å². The van der Waals surface area contributed by atoms with Crippen LogP contribution in [-0.2, 0) is 23.1 Å². The Kier molecular flexibility index (Phi) is 8.68. The van der Waals surface area contributed by atoms with E-state index in [1.54, 1.807) is 41.3 Å².